The van der Waals surface area contributed by atoms with Gasteiger partial charge in [-0.25, -0.2) is 27.4 Å². The van der Waals surface area contributed by atoms with Gasteiger partial charge in [0.25, 0.3) is 20.2 Å². The van der Waals surface area contributed by atoms with Gasteiger partial charge in [0.05, 0.1) is 34.5 Å². The van der Waals surface area contributed by atoms with Crippen molar-refractivity contribution < 1.29 is 90.6 Å². The summed E-state index contributed by atoms with van der Waals surface area (Å²) in [6.07, 6.45) is 0. The lowest BCUT2D eigenvalue weighted by Gasteiger charge is -2.08. The second-order valence-electron chi connectivity index (χ2n) is 9.14. The normalized spacial score (nSPS) is 13.0. The summed E-state index contributed by atoms with van der Waals surface area (Å²) in [5.74, 6) is -2.98. The Morgan fingerprint density at radius 3 is 1.25 bits per heavy atom. The van der Waals surface area contributed by atoms with E-state index in [0.717, 1.165) is 30.3 Å². The van der Waals surface area contributed by atoms with Crippen LogP contribution in [0.1, 0.15) is 0 Å². The lowest BCUT2D eigenvalue weighted by molar-refractivity contribution is -0.434. The molecular weight excluding hydrogens is 833 g/mol. The van der Waals surface area contributed by atoms with Crippen LogP contribution < -0.4 is 0 Å². The van der Waals surface area contributed by atoms with Crippen molar-refractivity contribution >= 4 is 87.3 Å². The number of hydrogen-bond donors (Lipinski definition) is 6. The molecule has 0 saturated heterocycles. The molecular formula is C22H22N4O20S6. The van der Waals surface area contributed by atoms with E-state index in [1.807, 2.05) is 0 Å². The van der Waals surface area contributed by atoms with E-state index in [1.54, 1.807) is 0 Å². The molecule has 52 heavy (non-hydrogen) atoms. The minimum Gasteiger partial charge on any atom is -0.505 e. The maximum absolute atomic E-state index is 12.6. The van der Waals surface area contributed by atoms with Gasteiger partial charge < -0.3 is 10.2 Å². The molecule has 6 N–H and O–H groups in total. The molecule has 0 aliphatic carbocycles. The summed E-state index contributed by atoms with van der Waals surface area (Å²) in [5.41, 5.74) is -2.30. The standard InChI is InChI=1S/C22H22N4O20S6/c27-19-12-20(28)18(26-24-16-4-2-14(10-22(16)52(38,39)40)50(33,34)8-6-42-48-46-44-30)11-17(19)25-23-15-3-1-13(9-21(15)51(35,36)37)49(31,32)7-5-41-47-45-43-29/h1-4,9-12,27-30H,5-8H2,(H,35,36,37)(H,38,39,40)/b25-23+,26-24+. The fraction of sp³-hybridized carbons (Fsp3) is 0.182. The van der Waals surface area contributed by atoms with E-state index in [2.05, 4.69) is 47.6 Å². The van der Waals surface area contributed by atoms with Crippen LogP contribution in [-0.2, 0) is 67.0 Å². The number of phenolic OH excluding ortho intramolecular Hbond substituents is 2. The molecule has 0 atom stereocenters. The van der Waals surface area contributed by atoms with Crippen LogP contribution in [0.5, 0.6) is 11.5 Å². The monoisotopic (exact) mass is 854 g/mol. The summed E-state index contributed by atoms with van der Waals surface area (Å²) in [6.45, 7) is -1.03. The highest BCUT2D eigenvalue weighted by Crippen LogP contribution is 2.41. The van der Waals surface area contributed by atoms with Gasteiger partial charge in [0.2, 0.25) is 0 Å². The van der Waals surface area contributed by atoms with Gasteiger partial charge in [0.15, 0.2) is 44.3 Å². The average molecular weight is 855 g/mol. The minimum atomic E-state index is -5.14. The molecule has 0 spiro atoms. The average Bonchev–Trinajstić information content (AvgIpc) is 3.06. The largest absolute Gasteiger partial charge is 0.505 e. The van der Waals surface area contributed by atoms with E-state index in [1.165, 1.54) is 0 Å². The summed E-state index contributed by atoms with van der Waals surface area (Å²) in [5, 5.41) is 57.6. The van der Waals surface area contributed by atoms with Gasteiger partial charge in [0, 0.05) is 12.1 Å². The Morgan fingerprint density at radius 2 is 0.904 bits per heavy atom. The number of aromatic hydroxyl groups is 2. The molecule has 3 rings (SSSR count). The molecule has 286 valence electrons. The Morgan fingerprint density at radius 1 is 0.538 bits per heavy atom. The second-order valence-corrected chi connectivity index (χ2v) is 17.2. The molecule has 3 aromatic rings. The summed E-state index contributed by atoms with van der Waals surface area (Å²) in [7, 11) is -18.7. The van der Waals surface area contributed by atoms with E-state index in [9.17, 15) is 53.0 Å². The summed E-state index contributed by atoms with van der Waals surface area (Å²) in [4.78, 5) is -3.24. The number of phenols is 2. The zero-order valence-corrected chi connectivity index (χ0v) is 30.0. The predicted molar refractivity (Wildman–Crippen MR) is 171 cm³/mol. The van der Waals surface area contributed by atoms with Gasteiger partial charge in [0.1, 0.15) is 44.0 Å². The van der Waals surface area contributed by atoms with Crippen LogP contribution in [0, 0.1) is 0 Å². The maximum Gasteiger partial charge on any atom is 0.296 e. The van der Waals surface area contributed by atoms with Crippen LogP contribution in [0.3, 0.4) is 0 Å². The highest BCUT2D eigenvalue weighted by Gasteiger charge is 2.24. The smallest absolute Gasteiger partial charge is 0.296 e. The zero-order chi connectivity index (χ0) is 38.7. The molecule has 0 aliphatic heterocycles. The Kier molecular flexibility index (Phi) is 15.3. The fourth-order valence-corrected chi connectivity index (χ4v) is 7.85. The third-order valence-corrected chi connectivity index (χ3v) is 11.7. The highest BCUT2D eigenvalue weighted by atomic mass is 32.2. The molecule has 0 saturated carbocycles. The molecule has 0 aromatic heterocycles. The third kappa shape index (κ3) is 12.3. The Labute approximate surface area is 301 Å². The molecule has 24 nitrogen and oxygen atoms in total. The van der Waals surface area contributed by atoms with Crippen LogP contribution in [0.25, 0.3) is 0 Å². The van der Waals surface area contributed by atoms with Crippen molar-refractivity contribution in [2.75, 3.05) is 24.7 Å². The molecule has 0 aliphatic rings. The third-order valence-electron chi connectivity index (χ3n) is 5.82. The van der Waals surface area contributed by atoms with Gasteiger partial charge in [-0.3, -0.25) is 17.5 Å². The van der Waals surface area contributed by atoms with Crippen molar-refractivity contribution in [2.24, 2.45) is 20.5 Å². The van der Waals surface area contributed by atoms with Gasteiger partial charge in [-0.2, -0.15) is 16.8 Å². The first kappa shape index (κ1) is 43.0. The first-order valence-electron chi connectivity index (χ1n) is 12.9. The molecule has 0 amide bonds. The van der Waals surface area contributed by atoms with Gasteiger partial charge in [-0.05, 0) is 36.4 Å². The molecule has 0 fully saturated rings. The highest BCUT2D eigenvalue weighted by molar-refractivity contribution is 7.92. The van der Waals surface area contributed by atoms with Crippen LogP contribution in [-0.4, -0.2) is 88.2 Å². The molecule has 30 heteroatoms. The van der Waals surface area contributed by atoms with Crippen LogP contribution in [0.15, 0.2) is 88.6 Å². The van der Waals surface area contributed by atoms with Gasteiger partial charge in [-0.1, -0.05) is 10.1 Å². The summed E-state index contributed by atoms with van der Waals surface area (Å²) >= 11 is 0.194. The van der Waals surface area contributed by atoms with Crippen LogP contribution in [0.2, 0.25) is 0 Å². The van der Waals surface area contributed by atoms with E-state index in [-0.39, 0.29) is 24.6 Å². The maximum atomic E-state index is 12.6. The number of nitrogens with zero attached hydrogens (tertiary/aromatic N) is 4. The first-order valence-corrected chi connectivity index (χ1v) is 20.4. The lowest BCUT2D eigenvalue weighted by atomic mass is 10.2. The minimum absolute atomic E-state index is 0.0969. The zero-order valence-electron chi connectivity index (χ0n) is 25.1. The number of azo groups is 2. The van der Waals surface area contributed by atoms with E-state index < -0.39 is 118 Å². The molecule has 0 bridgehead atoms. The van der Waals surface area contributed by atoms with Crippen molar-refractivity contribution in [1.29, 1.82) is 0 Å². The summed E-state index contributed by atoms with van der Waals surface area (Å²) in [6, 6.07) is 6.15. The van der Waals surface area contributed by atoms with Gasteiger partial charge in [-0.15, -0.1) is 29.1 Å². The lowest BCUT2D eigenvalue weighted by Crippen LogP contribution is -2.12. The fourth-order valence-electron chi connectivity index (χ4n) is 3.54. The SMILES string of the molecule is O=S(=O)(O)c1cc(S(=O)(=O)CCOSOOO)ccc1/N=N/c1cc(/N=N/c2ccc(S(=O)(=O)CCOSOOO)cc2S(=O)(=O)O)c(O)cc1O. The van der Waals surface area contributed by atoms with E-state index in [0.29, 0.717) is 18.2 Å². The topological polar surface area (TPSA) is 363 Å². The van der Waals surface area contributed by atoms with Crippen molar-refractivity contribution in [1.82, 2.24) is 0 Å². The molecule has 3 aromatic carbocycles. The number of sulfone groups is 2. The second kappa shape index (κ2) is 18.5. The van der Waals surface area contributed by atoms with Crippen molar-refractivity contribution in [3.05, 3.63) is 48.5 Å². The van der Waals surface area contributed by atoms with Crippen LogP contribution in [0.4, 0.5) is 22.7 Å². The first-order chi connectivity index (χ1) is 24.3. The number of hydrogen-bond acceptors (Lipinski definition) is 24. The van der Waals surface area contributed by atoms with E-state index in [4.69, 9.17) is 10.5 Å². The number of rotatable bonds is 20. The van der Waals surface area contributed by atoms with Crippen LogP contribution >= 0.6 is 24.6 Å². The Bertz CT molecular complexity index is 2100. The van der Waals surface area contributed by atoms with Crippen molar-refractivity contribution in [3.8, 4) is 11.5 Å². The van der Waals surface area contributed by atoms with Gasteiger partial charge >= 0.3 is 0 Å². The summed E-state index contributed by atoms with van der Waals surface area (Å²) < 4.78 is 135. The molecule has 0 heterocycles. The Balaban J connectivity index is 1.93. The van der Waals surface area contributed by atoms with Crippen molar-refractivity contribution in [3.63, 3.8) is 0 Å². The van der Waals surface area contributed by atoms with E-state index >= 15 is 0 Å². The quantitative estimate of drug-likeness (QED) is 0.0234. The number of benzene rings is 3. The predicted octanol–water partition coefficient (Wildman–Crippen LogP) is 3.97. The Hall–Kier alpha value is -3.44. The van der Waals surface area contributed by atoms with Crippen molar-refractivity contribution in [2.45, 2.75) is 19.6 Å². The molecule has 0 radical (unpaired) electrons. The molecule has 0 unspecified atom stereocenters.